The van der Waals surface area contributed by atoms with Gasteiger partial charge < -0.3 is 10.1 Å². The predicted molar refractivity (Wildman–Crippen MR) is 109 cm³/mol. The number of anilines is 1. The van der Waals surface area contributed by atoms with Crippen molar-refractivity contribution in [2.75, 3.05) is 17.7 Å². The lowest BCUT2D eigenvalue weighted by molar-refractivity contribution is -0.113. The molecule has 0 aliphatic heterocycles. The summed E-state index contributed by atoms with van der Waals surface area (Å²) in [5.74, 6) is 0.802. The van der Waals surface area contributed by atoms with Gasteiger partial charge in [-0.3, -0.25) is 4.79 Å². The highest BCUT2D eigenvalue weighted by Crippen LogP contribution is 2.25. The van der Waals surface area contributed by atoms with E-state index < -0.39 is 0 Å². The molecule has 138 valence electrons. The summed E-state index contributed by atoms with van der Waals surface area (Å²) >= 11 is 1.35. The van der Waals surface area contributed by atoms with Crippen LogP contribution in [0, 0.1) is 6.92 Å². The molecule has 3 aromatic rings. The minimum atomic E-state index is -0.114. The normalized spacial score (nSPS) is 10.4. The summed E-state index contributed by atoms with van der Waals surface area (Å²) in [7, 11) is 0. The first-order valence-corrected chi connectivity index (χ1v) is 9.70. The van der Waals surface area contributed by atoms with Gasteiger partial charge in [0.1, 0.15) is 10.8 Å². The number of hydrogen-bond donors (Lipinski definition) is 1. The van der Waals surface area contributed by atoms with Gasteiger partial charge in [0.2, 0.25) is 5.91 Å². The molecule has 3 rings (SSSR count). The number of hydrogen-bond acceptors (Lipinski definition) is 5. The molecular weight excluding hydrogens is 358 g/mol. The standard InChI is InChI=1S/C21H21N3O2S/c1-3-26-19-11-7-6-10-18(19)22-20(25)14-27-21-13-12-17(23-24-21)16-9-5-4-8-15(16)2/h4-13H,3,14H2,1-2H3,(H,22,25). The van der Waals surface area contributed by atoms with Gasteiger partial charge in [-0.15, -0.1) is 10.2 Å². The molecular formula is C21H21N3O2S. The molecule has 0 atom stereocenters. The number of carbonyl (C=O) groups is 1. The van der Waals surface area contributed by atoms with Crippen molar-refractivity contribution >= 4 is 23.4 Å². The molecule has 27 heavy (non-hydrogen) atoms. The molecule has 6 heteroatoms. The van der Waals surface area contributed by atoms with E-state index in [2.05, 4.69) is 15.5 Å². The number of aromatic nitrogens is 2. The summed E-state index contributed by atoms with van der Waals surface area (Å²) in [5.41, 5.74) is 3.71. The largest absolute Gasteiger partial charge is 0.492 e. The van der Waals surface area contributed by atoms with Gasteiger partial charge in [0.15, 0.2) is 0 Å². The van der Waals surface area contributed by atoms with Crippen molar-refractivity contribution in [1.29, 1.82) is 0 Å². The molecule has 0 saturated carbocycles. The van der Waals surface area contributed by atoms with Crippen molar-refractivity contribution in [2.24, 2.45) is 0 Å². The third-order valence-corrected chi connectivity index (χ3v) is 4.79. The van der Waals surface area contributed by atoms with Gasteiger partial charge >= 0.3 is 0 Å². The van der Waals surface area contributed by atoms with E-state index in [1.807, 2.05) is 74.5 Å². The first kappa shape index (κ1) is 18.9. The number of rotatable bonds is 7. The monoisotopic (exact) mass is 379 g/mol. The van der Waals surface area contributed by atoms with Crippen LogP contribution in [0.15, 0.2) is 65.7 Å². The van der Waals surface area contributed by atoms with Crippen LogP contribution in [0.5, 0.6) is 5.75 Å². The summed E-state index contributed by atoms with van der Waals surface area (Å²) in [4.78, 5) is 12.2. The Morgan fingerprint density at radius 1 is 1.04 bits per heavy atom. The van der Waals surface area contributed by atoms with Crippen LogP contribution in [0.3, 0.4) is 0 Å². The molecule has 0 fully saturated rings. The summed E-state index contributed by atoms with van der Waals surface area (Å²) in [6.45, 7) is 4.50. The third kappa shape index (κ3) is 5.08. The fourth-order valence-corrected chi connectivity index (χ4v) is 3.19. The molecule has 0 radical (unpaired) electrons. The maximum Gasteiger partial charge on any atom is 0.234 e. The average Bonchev–Trinajstić information content (AvgIpc) is 2.69. The topological polar surface area (TPSA) is 64.1 Å². The summed E-state index contributed by atoms with van der Waals surface area (Å²) in [6.07, 6.45) is 0. The van der Waals surface area contributed by atoms with Crippen molar-refractivity contribution in [3.63, 3.8) is 0 Å². The highest BCUT2D eigenvalue weighted by molar-refractivity contribution is 7.99. The number of thioether (sulfide) groups is 1. The Kier molecular flexibility index (Phi) is 6.44. The molecule has 1 N–H and O–H groups in total. The molecule has 0 aliphatic rings. The number of aryl methyl sites for hydroxylation is 1. The summed E-state index contributed by atoms with van der Waals surface area (Å²) < 4.78 is 5.52. The number of para-hydroxylation sites is 2. The van der Waals surface area contributed by atoms with Crippen LogP contribution in [-0.2, 0) is 4.79 Å². The summed E-state index contributed by atoms with van der Waals surface area (Å²) in [5, 5.41) is 12.1. The lowest BCUT2D eigenvalue weighted by Gasteiger charge is -2.11. The van der Waals surface area contributed by atoms with E-state index >= 15 is 0 Å². The molecule has 1 heterocycles. The maximum absolute atomic E-state index is 12.2. The highest BCUT2D eigenvalue weighted by atomic mass is 32.2. The van der Waals surface area contributed by atoms with Crippen molar-refractivity contribution in [1.82, 2.24) is 10.2 Å². The van der Waals surface area contributed by atoms with Gasteiger partial charge in [-0.1, -0.05) is 48.2 Å². The van der Waals surface area contributed by atoms with Crippen molar-refractivity contribution in [3.8, 4) is 17.0 Å². The average molecular weight is 379 g/mol. The second-order valence-electron chi connectivity index (χ2n) is 5.84. The maximum atomic E-state index is 12.2. The predicted octanol–water partition coefficient (Wildman–Crippen LogP) is 4.58. The van der Waals surface area contributed by atoms with Gasteiger partial charge in [-0.05, 0) is 43.7 Å². The number of benzene rings is 2. The van der Waals surface area contributed by atoms with Crippen molar-refractivity contribution in [3.05, 3.63) is 66.2 Å². The Balaban J connectivity index is 1.59. The second kappa shape index (κ2) is 9.19. The van der Waals surface area contributed by atoms with Crippen molar-refractivity contribution in [2.45, 2.75) is 18.9 Å². The lowest BCUT2D eigenvalue weighted by Crippen LogP contribution is -2.15. The molecule has 1 amide bonds. The third-order valence-electron chi connectivity index (χ3n) is 3.87. The van der Waals surface area contributed by atoms with Gasteiger partial charge in [0.05, 0.1) is 23.7 Å². The van der Waals surface area contributed by atoms with E-state index in [9.17, 15) is 4.79 Å². The molecule has 0 aliphatic carbocycles. The smallest absolute Gasteiger partial charge is 0.234 e. The molecule has 0 saturated heterocycles. The van der Waals surface area contributed by atoms with Crippen LogP contribution in [-0.4, -0.2) is 28.5 Å². The fraction of sp³-hybridized carbons (Fsp3) is 0.190. The van der Waals surface area contributed by atoms with Crippen molar-refractivity contribution < 1.29 is 9.53 Å². The second-order valence-corrected chi connectivity index (χ2v) is 6.83. The highest BCUT2D eigenvalue weighted by Gasteiger charge is 2.09. The van der Waals surface area contributed by atoms with E-state index in [4.69, 9.17) is 4.74 Å². The van der Waals surface area contributed by atoms with Crippen LogP contribution in [0.25, 0.3) is 11.3 Å². The Morgan fingerprint density at radius 2 is 1.81 bits per heavy atom. The van der Waals surface area contributed by atoms with Gasteiger partial charge in [-0.25, -0.2) is 0 Å². The molecule has 0 unspecified atom stereocenters. The Hall–Kier alpha value is -2.86. The van der Waals surface area contributed by atoms with E-state index in [-0.39, 0.29) is 11.7 Å². The summed E-state index contributed by atoms with van der Waals surface area (Å²) in [6, 6.07) is 19.3. The zero-order chi connectivity index (χ0) is 19.1. The fourth-order valence-electron chi connectivity index (χ4n) is 2.58. The Morgan fingerprint density at radius 3 is 2.56 bits per heavy atom. The molecule has 0 bridgehead atoms. The van der Waals surface area contributed by atoms with Crippen LogP contribution < -0.4 is 10.1 Å². The van der Waals surface area contributed by atoms with Gasteiger partial charge in [0.25, 0.3) is 0 Å². The zero-order valence-electron chi connectivity index (χ0n) is 15.3. The minimum Gasteiger partial charge on any atom is -0.492 e. The van der Waals surface area contributed by atoms with Gasteiger partial charge in [-0.2, -0.15) is 0 Å². The number of nitrogens with zero attached hydrogens (tertiary/aromatic N) is 2. The van der Waals surface area contributed by atoms with E-state index in [1.165, 1.54) is 11.8 Å². The Bertz CT molecular complexity index is 913. The molecule has 0 spiro atoms. The lowest BCUT2D eigenvalue weighted by atomic mass is 10.1. The van der Waals surface area contributed by atoms with Crippen LogP contribution in [0.4, 0.5) is 5.69 Å². The zero-order valence-corrected chi connectivity index (χ0v) is 16.1. The first-order chi connectivity index (χ1) is 13.2. The number of carbonyl (C=O) groups excluding carboxylic acids is 1. The first-order valence-electron chi connectivity index (χ1n) is 8.71. The van der Waals surface area contributed by atoms with Crippen LogP contribution in [0.2, 0.25) is 0 Å². The Labute approximate surface area is 163 Å². The van der Waals surface area contributed by atoms with E-state index in [0.717, 1.165) is 16.8 Å². The van der Waals surface area contributed by atoms with Crippen LogP contribution in [0.1, 0.15) is 12.5 Å². The quantitative estimate of drug-likeness (QED) is 0.609. The minimum absolute atomic E-state index is 0.114. The SMILES string of the molecule is CCOc1ccccc1NC(=O)CSc1ccc(-c2ccccc2C)nn1. The number of ether oxygens (including phenoxy) is 1. The van der Waals surface area contributed by atoms with E-state index in [0.29, 0.717) is 23.1 Å². The number of nitrogens with one attached hydrogen (secondary N) is 1. The molecule has 2 aromatic carbocycles. The molecule has 5 nitrogen and oxygen atoms in total. The van der Waals surface area contributed by atoms with E-state index in [1.54, 1.807) is 0 Å². The molecule has 1 aromatic heterocycles. The van der Waals surface area contributed by atoms with Crippen LogP contribution >= 0.6 is 11.8 Å². The number of amides is 1. The van der Waals surface area contributed by atoms with Gasteiger partial charge in [0, 0.05) is 5.56 Å².